The number of thiophene rings is 1. The minimum Gasteiger partial charge on any atom is -0.339 e. The van der Waals surface area contributed by atoms with E-state index in [4.69, 9.17) is 0 Å². The molecule has 3 rings (SSSR count). The van der Waals surface area contributed by atoms with Crippen molar-refractivity contribution in [2.45, 2.75) is 59.3 Å². The Bertz CT molecular complexity index is 520. The first kappa shape index (κ1) is 15.1. The molecule has 1 aliphatic heterocycles. The zero-order chi connectivity index (χ0) is 15.0. The summed E-state index contributed by atoms with van der Waals surface area (Å²) in [5.74, 6) is 1.04. The van der Waals surface area contributed by atoms with Crippen molar-refractivity contribution < 1.29 is 4.79 Å². The topological polar surface area (TPSA) is 20.3 Å². The zero-order valence-electron chi connectivity index (χ0n) is 13.6. The maximum atomic E-state index is 12.7. The molecule has 1 amide bonds. The van der Waals surface area contributed by atoms with Crippen LogP contribution < -0.4 is 0 Å². The Hall–Kier alpha value is -0.830. The number of piperidine rings is 1. The molecule has 1 atom stereocenters. The van der Waals surface area contributed by atoms with Gasteiger partial charge >= 0.3 is 0 Å². The summed E-state index contributed by atoms with van der Waals surface area (Å²) in [7, 11) is 0. The number of nitrogens with zero attached hydrogens (tertiary/aromatic N) is 1. The number of hydrogen-bond donors (Lipinski definition) is 0. The quantitative estimate of drug-likeness (QED) is 0.746. The van der Waals surface area contributed by atoms with Crippen LogP contribution in [0.1, 0.15) is 67.3 Å². The van der Waals surface area contributed by atoms with Crippen molar-refractivity contribution in [2.75, 3.05) is 13.1 Å². The SMILES string of the molecule is CC(C)(C)C1CCc2c(C(=O)N3CCCCC3)csc2C1. The van der Waals surface area contributed by atoms with Gasteiger partial charge in [0, 0.05) is 23.3 Å². The lowest BCUT2D eigenvalue weighted by Gasteiger charge is -2.34. The standard InChI is InChI=1S/C18H27NOS/c1-18(2,3)13-7-8-14-15(12-21-16(14)11-13)17(20)19-9-5-4-6-10-19/h12-13H,4-11H2,1-3H3. The number of likely N-dealkylation sites (tertiary alicyclic amines) is 1. The van der Waals surface area contributed by atoms with Crippen molar-refractivity contribution in [3.63, 3.8) is 0 Å². The van der Waals surface area contributed by atoms with Gasteiger partial charge in [0.25, 0.3) is 5.91 Å². The van der Waals surface area contributed by atoms with Crippen molar-refractivity contribution >= 4 is 17.2 Å². The molecule has 116 valence electrons. The van der Waals surface area contributed by atoms with E-state index in [-0.39, 0.29) is 0 Å². The molecule has 2 nitrogen and oxygen atoms in total. The number of amides is 1. The first-order chi connectivity index (χ1) is 9.97. The minimum atomic E-state index is 0.293. The van der Waals surface area contributed by atoms with Crippen molar-refractivity contribution in [1.29, 1.82) is 0 Å². The fraction of sp³-hybridized carbons (Fsp3) is 0.722. The van der Waals surface area contributed by atoms with Gasteiger partial charge in [-0.05, 0) is 55.4 Å². The maximum Gasteiger partial charge on any atom is 0.254 e. The van der Waals surface area contributed by atoms with E-state index in [0.717, 1.165) is 37.4 Å². The molecule has 1 aromatic rings. The zero-order valence-corrected chi connectivity index (χ0v) is 14.4. The molecule has 21 heavy (non-hydrogen) atoms. The summed E-state index contributed by atoms with van der Waals surface area (Å²) >= 11 is 1.82. The fourth-order valence-corrected chi connectivity index (χ4v) is 4.85. The van der Waals surface area contributed by atoms with Crippen molar-refractivity contribution in [1.82, 2.24) is 4.90 Å². The molecule has 2 aliphatic rings. The summed E-state index contributed by atoms with van der Waals surface area (Å²) in [6.45, 7) is 8.93. The second kappa shape index (κ2) is 5.75. The van der Waals surface area contributed by atoms with E-state index in [9.17, 15) is 4.79 Å². The third kappa shape index (κ3) is 3.03. The van der Waals surface area contributed by atoms with Crippen LogP contribution in [0.2, 0.25) is 0 Å². The summed E-state index contributed by atoms with van der Waals surface area (Å²) in [5.41, 5.74) is 2.76. The van der Waals surface area contributed by atoms with E-state index < -0.39 is 0 Å². The maximum absolute atomic E-state index is 12.7. The van der Waals surface area contributed by atoms with Gasteiger partial charge in [-0.2, -0.15) is 0 Å². The third-order valence-corrected chi connectivity index (χ3v) is 6.30. The molecule has 2 heterocycles. The van der Waals surface area contributed by atoms with Crippen LogP contribution in [0.5, 0.6) is 0 Å². The van der Waals surface area contributed by atoms with Gasteiger partial charge in [0.15, 0.2) is 0 Å². The number of hydrogen-bond acceptors (Lipinski definition) is 2. The number of carbonyl (C=O) groups excluding carboxylic acids is 1. The number of fused-ring (bicyclic) bond motifs is 1. The largest absolute Gasteiger partial charge is 0.339 e. The first-order valence-corrected chi connectivity index (χ1v) is 9.23. The molecule has 0 bridgehead atoms. The van der Waals surface area contributed by atoms with E-state index in [0.29, 0.717) is 11.3 Å². The van der Waals surface area contributed by atoms with Gasteiger partial charge in [0.2, 0.25) is 0 Å². The summed E-state index contributed by atoms with van der Waals surface area (Å²) in [6, 6.07) is 0. The molecule has 1 aromatic heterocycles. The van der Waals surface area contributed by atoms with Crippen LogP contribution in [-0.2, 0) is 12.8 Å². The Labute approximate surface area is 132 Å². The molecule has 0 spiro atoms. The summed E-state index contributed by atoms with van der Waals surface area (Å²) in [5, 5.41) is 2.13. The van der Waals surface area contributed by atoms with Crippen molar-refractivity contribution in [2.24, 2.45) is 11.3 Å². The summed E-state index contributed by atoms with van der Waals surface area (Å²) in [6.07, 6.45) is 7.10. The molecule has 0 N–H and O–H groups in total. The molecule has 1 unspecified atom stereocenters. The Kier molecular flexibility index (Phi) is 4.13. The Balaban J connectivity index is 1.78. The molecule has 0 saturated carbocycles. The highest BCUT2D eigenvalue weighted by Crippen LogP contribution is 2.40. The Morgan fingerprint density at radius 1 is 1.24 bits per heavy atom. The van der Waals surface area contributed by atoms with Gasteiger partial charge in [-0.3, -0.25) is 4.79 Å². The van der Waals surface area contributed by atoms with Gasteiger partial charge in [-0.1, -0.05) is 20.8 Å². The second-order valence-corrected chi connectivity index (χ2v) is 8.67. The van der Waals surface area contributed by atoms with Crippen LogP contribution in [0.25, 0.3) is 0 Å². The van der Waals surface area contributed by atoms with Crippen LogP contribution in [0.15, 0.2) is 5.38 Å². The lowest BCUT2D eigenvalue weighted by molar-refractivity contribution is 0.0723. The average Bonchev–Trinajstić information content (AvgIpc) is 2.89. The Morgan fingerprint density at radius 2 is 1.95 bits per heavy atom. The third-order valence-electron chi connectivity index (χ3n) is 5.25. The molecule has 0 radical (unpaired) electrons. The summed E-state index contributed by atoms with van der Waals surface area (Å²) < 4.78 is 0. The number of carbonyl (C=O) groups is 1. The van der Waals surface area contributed by atoms with E-state index in [2.05, 4.69) is 31.1 Å². The average molecular weight is 305 g/mol. The lowest BCUT2D eigenvalue weighted by Crippen LogP contribution is -2.36. The van der Waals surface area contributed by atoms with Crippen LogP contribution in [-0.4, -0.2) is 23.9 Å². The predicted molar refractivity (Wildman–Crippen MR) is 89.0 cm³/mol. The molecule has 1 fully saturated rings. The molecular formula is C18H27NOS. The van der Waals surface area contributed by atoms with E-state index in [1.165, 1.54) is 36.1 Å². The second-order valence-electron chi connectivity index (χ2n) is 7.71. The highest BCUT2D eigenvalue weighted by atomic mass is 32.1. The highest BCUT2D eigenvalue weighted by Gasteiger charge is 2.32. The van der Waals surface area contributed by atoms with Gasteiger partial charge in [-0.15, -0.1) is 11.3 Å². The van der Waals surface area contributed by atoms with Crippen LogP contribution in [0.4, 0.5) is 0 Å². The predicted octanol–water partition coefficient (Wildman–Crippen LogP) is 4.53. The first-order valence-electron chi connectivity index (χ1n) is 8.35. The summed E-state index contributed by atoms with van der Waals surface area (Å²) in [4.78, 5) is 16.3. The van der Waals surface area contributed by atoms with Crippen molar-refractivity contribution in [3.8, 4) is 0 Å². The van der Waals surface area contributed by atoms with Crippen LogP contribution in [0, 0.1) is 11.3 Å². The minimum absolute atomic E-state index is 0.293. The Morgan fingerprint density at radius 3 is 2.62 bits per heavy atom. The molecule has 3 heteroatoms. The molecular weight excluding hydrogens is 278 g/mol. The molecule has 1 aliphatic carbocycles. The van der Waals surface area contributed by atoms with E-state index in [1.807, 2.05) is 11.3 Å². The van der Waals surface area contributed by atoms with Gasteiger partial charge in [0.1, 0.15) is 0 Å². The molecule has 0 aromatic carbocycles. The van der Waals surface area contributed by atoms with Gasteiger partial charge in [-0.25, -0.2) is 0 Å². The van der Waals surface area contributed by atoms with Gasteiger partial charge < -0.3 is 4.90 Å². The van der Waals surface area contributed by atoms with E-state index >= 15 is 0 Å². The van der Waals surface area contributed by atoms with Crippen LogP contribution >= 0.6 is 11.3 Å². The normalized spacial score (nSPS) is 23.0. The monoisotopic (exact) mass is 305 g/mol. The lowest BCUT2D eigenvalue weighted by atomic mass is 9.72. The van der Waals surface area contributed by atoms with E-state index in [1.54, 1.807) is 0 Å². The van der Waals surface area contributed by atoms with Crippen molar-refractivity contribution in [3.05, 3.63) is 21.4 Å². The smallest absolute Gasteiger partial charge is 0.254 e. The molecule has 1 saturated heterocycles. The van der Waals surface area contributed by atoms with Gasteiger partial charge in [0.05, 0.1) is 5.56 Å². The fourth-order valence-electron chi connectivity index (χ4n) is 3.70. The number of rotatable bonds is 1. The van der Waals surface area contributed by atoms with Crippen LogP contribution in [0.3, 0.4) is 0 Å². The highest BCUT2D eigenvalue weighted by molar-refractivity contribution is 7.10.